The summed E-state index contributed by atoms with van der Waals surface area (Å²) in [7, 11) is 0. The van der Waals surface area contributed by atoms with E-state index in [1.54, 1.807) is 0 Å². The summed E-state index contributed by atoms with van der Waals surface area (Å²) < 4.78 is 22.8. The summed E-state index contributed by atoms with van der Waals surface area (Å²) in [5, 5.41) is 1.97. The molecule has 2 aliphatic carbocycles. The van der Waals surface area contributed by atoms with Crippen LogP contribution >= 0.6 is 0 Å². The van der Waals surface area contributed by atoms with Crippen LogP contribution in [0, 0.1) is 12.8 Å². The Hall–Kier alpha value is -3.28. The normalized spacial score (nSPS) is 20.2. The van der Waals surface area contributed by atoms with Crippen molar-refractivity contribution in [3.63, 3.8) is 0 Å². The maximum atomic E-state index is 11.4. The van der Waals surface area contributed by atoms with E-state index in [4.69, 9.17) is 18.9 Å². The van der Waals surface area contributed by atoms with Crippen molar-refractivity contribution in [1.29, 1.82) is 0 Å². The van der Waals surface area contributed by atoms with E-state index in [9.17, 15) is 9.59 Å². The lowest BCUT2D eigenvalue weighted by Crippen LogP contribution is -2.14. The van der Waals surface area contributed by atoms with Crippen LogP contribution in [0.15, 0.2) is 43.5 Å². The highest BCUT2D eigenvalue weighted by Crippen LogP contribution is 2.63. The van der Waals surface area contributed by atoms with Gasteiger partial charge in [0.05, 0.1) is 0 Å². The van der Waals surface area contributed by atoms with E-state index >= 15 is 0 Å². The molecule has 0 saturated heterocycles. The third kappa shape index (κ3) is 4.34. The highest BCUT2D eigenvalue weighted by Gasteiger charge is 2.47. The Morgan fingerprint density at radius 1 is 0.879 bits per heavy atom. The van der Waals surface area contributed by atoms with Gasteiger partial charge in [-0.2, -0.15) is 0 Å². The Kier molecular flexibility index (Phi) is 6.72. The van der Waals surface area contributed by atoms with Crippen molar-refractivity contribution in [2.75, 3.05) is 26.4 Å². The van der Waals surface area contributed by atoms with Crippen molar-refractivity contribution in [2.45, 2.75) is 38.5 Å². The summed E-state index contributed by atoms with van der Waals surface area (Å²) in [6.07, 6.45) is 4.54. The number of benzene rings is 2. The van der Waals surface area contributed by atoms with Gasteiger partial charge in [0.2, 0.25) is 0 Å². The van der Waals surface area contributed by atoms with Crippen LogP contribution in [0.4, 0.5) is 0 Å². The van der Waals surface area contributed by atoms with Crippen molar-refractivity contribution >= 4 is 22.7 Å². The highest BCUT2D eigenvalue weighted by atomic mass is 16.6. The van der Waals surface area contributed by atoms with E-state index in [1.807, 2.05) is 6.92 Å². The van der Waals surface area contributed by atoms with Crippen LogP contribution in [-0.4, -0.2) is 38.4 Å². The molecule has 6 nitrogen and oxygen atoms in total. The van der Waals surface area contributed by atoms with Gasteiger partial charge >= 0.3 is 11.9 Å². The van der Waals surface area contributed by atoms with Crippen molar-refractivity contribution in [1.82, 2.24) is 0 Å². The van der Waals surface area contributed by atoms with Gasteiger partial charge in [0.25, 0.3) is 0 Å². The van der Waals surface area contributed by atoms with E-state index in [0.29, 0.717) is 17.8 Å². The number of rotatable bonds is 10. The average Bonchev–Trinajstić information content (AvgIpc) is 3.32. The molecule has 4 rings (SSSR count). The minimum Gasteiger partial charge on any atom is -0.489 e. The predicted octanol–water partition coefficient (Wildman–Crippen LogP) is 4.97. The lowest BCUT2D eigenvalue weighted by Gasteiger charge is -2.25. The summed E-state index contributed by atoms with van der Waals surface area (Å²) in [6, 6.07) is 6.24. The van der Waals surface area contributed by atoms with Crippen LogP contribution in [-0.2, 0) is 19.1 Å². The number of fused-ring (bicyclic) bond motifs is 6. The fraction of sp³-hybridized carbons (Fsp3) is 0.407. The molecule has 2 aliphatic rings. The molecule has 0 aromatic heterocycles. The van der Waals surface area contributed by atoms with Crippen molar-refractivity contribution in [2.24, 2.45) is 5.92 Å². The van der Waals surface area contributed by atoms with Gasteiger partial charge in [-0.3, -0.25) is 0 Å². The Balaban J connectivity index is 1.71. The maximum Gasteiger partial charge on any atom is 0.330 e. The fourth-order valence-electron chi connectivity index (χ4n) is 5.30. The van der Waals surface area contributed by atoms with Gasteiger partial charge in [0.1, 0.15) is 37.9 Å². The topological polar surface area (TPSA) is 71.1 Å². The third-order valence-electron chi connectivity index (χ3n) is 6.72. The van der Waals surface area contributed by atoms with E-state index in [0.717, 1.165) is 52.8 Å². The lowest BCUT2D eigenvalue weighted by atomic mass is 9.87. The van der Waals surface area contributed by atoms with Crippen LogP contribution < -0.4 is 9.47 Å². The second kappa shape index (κ2) is 9.69. The Labute approximate surface area is 194 Å². The summed E-state index contributed by atoms with van der Waals surface area (Å²) >= 11 is 0. The summed E-state index contributed by atoms with van der Waals surface area (Å²) in [4.78, 5) is 22.8. The molecule has 0 aliphatic heterocycles. The fourth-order valence-corrected chi connectivity index (χ4v) is 5.30. The molecule has 0 spiro atoms. The molecular weight excluding hydrogens is 420 g/mol. The summed E-state index contributed by atoms with van der Waals surface area (Å²) in [5.74, 6) is 2.11. The van der Waals surface area contributed by atoms with E-state index in [1.165, 1.54) is 11.1 Å². The van der Waals surface area contributed by atoms with E-state index < -0.39 is 11.9 Å². The van der Waals surface area contributed by atoms with Crippen LogP contribution in [0.2, 0.25) is 0 Å². The zero-order valence-corrected chi connectivity index (χ0v) is 19.2. The molecule has 2 bridgehead atoms. The Bertz CT molecular complexity index is 1100. The van der Waals surface area contributed by atoms with Gasteiger partial charge in [0, 0.05) is 34.1 Å². The first-order valence-corrected chi connectivity index (χ1v) is 11.4. The first kappa shape index (κ1) is 22.9. The van der Waals surface area contributed by atoms with Gasteiger partial charge in [-0.15, -0.1) is 0 Å². The largest absolute Gasteiger partial charge is 0.489 e. The monoisotopic (exact) mass is 450 g/mol. The van der Waals surface area contributed by atoms with Crippen LogP contribution in [0.5, 0.6) is 11.5 Å². The third-order valence-corrected chi connectivity index (χ3v) is 6.72. The molecule has 0 heterocycles. The molecule has 1 saturated carbocycles. The predicted molar refractivity (Wildman–Crippen MR) is 126 cm³/mol. The number of aryl methyl sites for hydroxylation is 1. The lowest BCUT2D eigenvalue weighted by molar-refractivity contribution is -0.139. The highest BCUT2D eigenvalue weighted by molar-refractivity contribution is 5.97. The average molecular weight is 451 g/mol. The van der Waals surface area contributed by atoms with Gasteiger partial charge < -0.3 is 18.9 Å². The maximum absolute atomic E-state index is 11.4. The molecule has 3 unspecified atom stereocenters. The molecular formula is C27H30O6. The number of carbonyl (C=O) groups is 2. The van der Waals surface area contributed by atoms with Gasteiger partial charge in [0.15, 0.2) is 0 Å². The van der Waals surface area contributed by atoms with Crippen molar-refractivity contribution in [3.8, 4) is 11.5 Å². The number of hydrogen-bond donors (Lipinski definition) is 0. The van der Waals surface area contributed by atoms with E-state index in [-0.39, 0.29) is 26.4 Å². The smallest absolute Gasteiger partial charge is 0.330 e. The first-order chi connectivity index (χ1) is 16.0. The second-order valence-electron chi connectivity index (χ2n) is 8.62. The molecule has 0 radical (unpaired) electrons. The minimum atomic E-state index is -0.460. The molecule has 2 aromatic rings. The van der Waals surface area contributed by atoms with Gasteiger partial charge in [-0.05, 0) is 43.6 Å². The Morgan fingerprint density at radius 2 is 1.39 bits per heavy atom. The summed E-state index contributed by atoms with van der Waals surface area (Å²) in [6.45, 7) is 12.0. The molecule has 6 heteroatoms. The SMILES string of the molecule is C=CC(=O)OCCOc1c2c(c(OCCOC(=O)C=C)c3cc(C)ccc13)C1CCC2C1C. The molecule has 0 N–H and O–H groups in total. The van der Waals surface area contributed by atoms with Crippen LogP contribution in [0.3, 0.4) is 0 Å². The van der Waals surface area contributed by atoms with Gasteiger partial charge in [-0.1, -0.05) is 37.8 Å². The molecule has 0 amide bonds. The Morgan fingerprint density at radius 3 is 1.91 bits per heavy atom. The standard InChI is InChI=1S/C27H30O6/c1-5-22(28)30-11-13-32-26-20-8-7-16(3)15-21(20)27(33-14-12-31-23(29)6-2)25-19-10-9-18(17(19)4)24(25)26/h5-8,15,17-19H,1-2,9-14H2,3-4H3. The number of hydrogen-bond acceptors (Lipinski definition) is 6. The zero-order valence-electron chi connectivity index (χ0n) is 19.2. The minimum absolute atomic E-state index is 0.156. The first-order valence-electron chi connectivity index (χ1n) is 11.4. The van der Waals surface area contributed by atoms with Crippen LogP contribution in [0.1, 0.15) is 48.3 Å². The number of esters is 2. The summed E-state index contributed by atoms with van der Waals surface area (Å²) in [5.41, 5.74) is 3.54. The molecule has 33 heavy (non-hydrogen) atoms. The second-order valence-corrected chi connectivity index (χ2v) is 8.62. The van der Waals surface area contributed by atoms with E-state index in [2.05, 4.69) is 38.3 Å². The molecule has 2 aromatic carbocycles. The molecule has 174 valence electrons. The number of carbonyl (C=O) groups excluding carboxylic acids is 2. The van der Waals surface area contributed by atoms with Gasteiger partial charge in [-0.25, -0.2) is 9.59 Å². The van der Waals surface area contributed by atoms with Crippen molar-refractivity contribution < 1.29 is 28.5 Å². The van der Waals surface area contributed by atoms with Crippen molar-refractivity contribution in [3.05, 3.63) is 60.2 Å². The quantitative estimate of drug-likeness (QED) is 0.289. The van der Waals surface area contributed by atoms with Crippen LogP contribution in [0.25, 0.3) is 10.8 Å². The molecule has 1 fully saturated rings. The zero-order chi connectivity index (χ0) is 23.5. The molecule has 3 atom stereocenters. The number of ether oxygens (including phenoxy) is 4.